The number of methoxy groups -OCH3 is 1. The summed E-state index contributed by atoms with van der Waals surface area (Å²) in [5, 5.41) is 0. The van der Waals surface area contributed by atoms with E-state index in [1.807, 2.05) is 6.07 Å². The average molecular weight is 305 g/mol. The molecule has 1 aromatic carbocycles. The van der Waals surface area contributed by atoms with Gasteiger partial charge < -0.3 is 4.74 Å². The van der Waals surface area contributed by atoms with Crippen LogP contribution < -0.4 is 8.27 Å². The van der Waals surface area contributed by atoms with Crippen molar-refractivity contribution in [3.63, 3.8) is 0 Å². The van der Waals surface area contributed by atoms with Crippen LogP contribution >= 0.6 is 22.9 Å². The van der Waals surface area contributed by atoms with Gasteiger partial charge in [0.05, 0.1) is 7.11 Å². The van der Waals surface area contributed by atoms with E-state index < -0.39 is 0 Å². The van der Waals surface area contributed by atoms with Crippen molar-refractivity contribution in [3.8, 4) is 5.75 Å². The minimum Gasteiger partial charge on any atom is -0.496 e. The van der Waals surface area contributed by atoms with E-state index in [9.17, 15) is 0 Å². The standard InChI is InChI=1S/C11H16INO/c1-8-9(2)11(14-3)5-4-10(8)6-7-13-12/h4-5,13H,6-7H2,1-3H3. The van der Waals surface area contributed by atoms with Crippen molar-refractivity contribution in [2.45, 2.75) is 20.3 Å². The molecule has 0 saturated heterocycles. The monoisotopic (exact) mass is 305 g/mol. The quantitative estimate of drug-likeness (QED) is 0.682. The fourth-order valence-corrected chi connectivity index (χ4v) is 1.80. The second kappa shape index (κ2) is 5.56. The van der Waals surface area contributed by atoms with Gasteiger partial charge in [0.2, 0.25) is 0 Å². The first-order chi connectivity index (χ1) is 6.70. The van der Waals surface area contributed by atoms with Gasteiger partial charge in [-0.05, 0) is 43.0 Å². The molecule has 1 N–H and O–H groups in total. The number of benzene rings is 1. The van der Waals surface area contributed by atoms with Crippen LogP contribution in [0.1, 0.15) is 16.7 Å². The Hall–Kier alpha value is -0.290. The van der Waals surface area contributed by atoms with Crippen molar-refractivity contribution in [1.82, 2.24) is 3.53 Å². The molecule has 0 radical (unpaired) electrons. The van der Waals surface area contributed by atoms with E-state index in [1.54, 1.807) is 7.11 Å². The van der Waals surface area contributed by atoms with E-state index >= 15 is 0 Å². The third kappa shape index (κ3) is 2.60. The minimum atomic E-state index is 0.980. The van der Waals surface area contributed by atoms with E-state index in [1.165, 1.54) is 16.7 Å². The summed E-state index contributed by atoms with van der Waals surface area (Å²) in [4.78, 5) is 0. The molecular formula is C11H16INO. The predicted molar refractivity (Wildman–Crippen MR) is 68.2 cm³/mol. The first-order valence-electron chi connectivity index (χ1n) is 4.67. The van der Waals surface area contributed by atoms with Crippen molar-refractivity contribution in [3.05, 3.63) is 28.8 Å². The van der Waals surface area contributed by atoms with Gasteiger partial charge in [-0.15, -0.1) is 0 Å². The average Bonchev–Trinajstić information content (AvgIpc) is 2.20. The highest BCUT2D eigenvalue weighted by molar-refractivity contribution is 14.1. The molecule has 1 rings (SSSR count). The second-order valence-electron chi connectivity index (χ2n) is 3.31. The third-order valence-corrected chi connectivity index (χ3v) is 3.10. The molecule has 0 atom stereocenters. The molecule has 2 nitrogen and oxygen atoms in total. The Morgan fingerprint density at radius 2 is 2.00 bits per heavy atom. The smallest absolute Gasteiger partial charge is 0.122 e. The Labute approximate surface area is 99.5 Å². The lowest BCUT2D eigenvalue weighted by atomic mass is 10.0. The minimum absolute atomic E-state index is 0.980. The van der Waals surface area contributed by atoms with E-state index in [4.69, 9.17) is 4.74 Å². The van der Waals surface area contributed by atoms with Gasteiger partial charge in [-0.25, -0.2) is 0 Å². The highest BCUT2D eigenvalue weighted by atomic mass is 127. The van der Waals surface area contributed by atoms with Crippen molar-refractivity contribution >= 4 is 22.9 Å². The molecule has 0 aromatic heterocycles. The van der Waals surface area contributed by atoms with Crippen LogP contribution in [0.15, 0.2) is 12.1 Å². The summed E-state index contributed by atoms with van der Waals surface area (Å²) < 4.78 is 8.40. The van der Waals surface area contributed by atoms with Crippen LogP contribution in [0.25, 0.3) is 0 Å². The van der Waals surface area contributed by atoms with Crippen LogP contribution in [0.4, 0.5) is 0 Å². The molecule has 78 valence electrons. The maximum absolute atomic E-state index is 5.27. The summed E-state index contributed by atoms with van der Waals surface area (Å²) in [6, 6.07) is 4.19. The lowest BCUT2D eigenvalue weighted by molar-refractivity contribution is 0.411. The van der Waals surface area contributed by atoms with Gasteiger partial charge in [-0.1, -0.05) is 6.07 Å². The lowest BCUT2D eigenvalue weighted by Gasteiger charge is -2.12. The van der Waals surface area contributed by atoms with Crippen LogP contribution in [0.5, 0.6) is 5.75 Å². The molecule has 1 aromatic rings. The molecule has 0 heterocycles. The molecular weight excluding hydrogens is 289 g/mol. The molecule has 14 heavy (non-hydrogen) atoms. The topological polar surface area (TPSA) is 21.3 Å². The van der Waals surface area contributed by atoms with Gasteiger partial charge >= 0.3 is 0 Å². The van der Waals surface area contributed by atoms with Crippen molar-refractivity contribution in [2.75, 3.05) is 13.7 Å². The summed E-state index contributed by atoms with van der Waals surface area (Å²) in [5.74, 6) is 0.980. The van der Waals surface area contributed by atoms with E-state index in [0.29, 0.717) is 0 Å². The number of hydrogen-bond donors (Lipinski definition) is 1. The molecule has 3 heteroatoms. The fraction of sp³-hybridized carbons (Fsp3) is 0.455. The Balaban J connectivity index is 2.92. The van der Waals surface area contributed by atoms with Gasteiger partial charge in [-0.2, -0.15) is 0 Å². The largest absolute Gasteiger partial charge is 0.496 e. The zero-order valence-electron chi connectivity index (χ0n) is 8.86. The summed E-state index contributed by atoms with van der Waals surface area (Å²) in [7, 11) is 1.72. The summed E-state index contributed by atoms with van der Waals surface area (Å²) in [6.07, 6.45) is 1.07. The van der Waals surface area contributed by atoms with Crippen molar-refractivity contribution in [1.29, 1.82) is 0 Å². The van der Waals surface area contributed by atoms with Crippen LogP contribution in [0.2, 0.25) is 0 Å². The van der Waals surface area contributed by atoms with Crippen molar-refractivity contribution in [2.24, 2.45) is 0 Å². The summed E-state index contributed by atoms with van der Waals surface area (Å²) in [5.41, 5.74) is 3.99. The molecule has 0 aliphatic rings. The maximum Gasteiger partial charge on any atom is 0.122 e. The highest BCUT2D eigenvalue weighted by Crippen LogP contribution is 2.23. The SMILES string of the molecule is COc1ccc(CCNI)c(C)c1C. The Morgan fingerprint density at radius 1 is 1.29 bits per heavy atom. The molecule has 0 aliphatic carbocycles. The summed E-state index contributed by atoms with van der Waals surface area (Å²) >= 11 is 2.17. The summed E-state index contributed by atoms with van der Waals surface area (Å²) in [6.45, 7) is 5.27. The van der Waals surface area contributed by atoms with E-state index in [2.05, 4.69) is 46.3 Å². The Morgan fingerprint density at radius 3 is 2.57 bits per heavy atom. The van der Waals surface area contributed by atoms with Crippen LogP contribution in [0, 0.1) is 13.8 Å². The van der Waals surface area contributed by atoms with Crippen LogP contribution in [0.3, 0.4) is 0 Å². The second-order valence-corrected chi connectivity index (χ2v) is 4.07. The number of rotatable bonds is 4. The van der Waals surface area contributed by atoms with Crippen LogP contribution in [-0.4, -0.2) is 13.7 Å². The van der Waals surface area contributed by atoms with Crippen LogP contribution in [-0.2, 0) is 6.42 Å². The number of nitrogens with one attached hydrogen (secondary N) is 1. The molecule has 0 amide bonds. The predicted octanol–water partition coefficient (Wildman–Crippen LogP) is 2.79. The van der Waals surface area contributed by atoms with Gasteiger partial charge in [0.1, 0.15) is 5.75 Å². The Bertz CT molecular complexity index is 312. The number of hydrogen-bond acceptors (Lipinski definition) is 2. The molecule has 0 saturated carbocycles. The molecule has 0 bridgehead atoms. The number of halogens is 1. The Kier molecular flexibility index (Phi) is 4.68. The van der Waals surface area contributed by atoms with Gasteiger partial charge in [0.25, 0.3) is 0 Å². The maximum atomic E-state index is 5.27. The zero-order chi connectivity index (χ0) is 10.6. The van der Waals surface area contributed by atoms with E-state index in [-0.39, 0.29) is 0 Å². The molecule has 0 fully saturated rings. The molecule has 0 spiro atoms. The lowest BCUT2D eigenvalue weighted by Crippen LogP contribution is -2.06. The molecule has 0 unspecified atom stereocenters. The molecule has 0 aliphatic heterocycles. The van der Waals surface area contributed by atoms with E-state index in [0.717, 1.165) is 18.7 Å². The fourth-order valence-electron chi connectivity index (χ4n) is 1.53. The third-order valence-electron chi connectivity index (χ3n) is 2.56. The highest BCUT2D eigenvalue weighted by Gasteiger charge is 2.05. The van der Waals surface area contributed by atoms with Gasteiger partial charge in [0.15, 0.2) is 0 Å². The zero-order valence-corrected chi connectivity index (χ0v) is 11.0. The number of ether oxygens (including phenoxy) is 1. The van der Waals surface area contributed by atoms with Gasteiger partial charge in [0, 0.05) is 29.4 Å². The normalized spacial score (nSPS) is 10.3. The first-order valence-corrected chi connectivity index (χ1v) is 5.75. The first kappa shape index (κ1) is 11.8. The van der Waals surface area contributed by atoms with Gasteiger partial charge in [-0.3, -0.25) is 3.53 Å². The van der Waals surface area contributed by atoms with Crippen molar-refractivity contribution < 1.29 is 4.74 Å².